The van der Waals surface area contributed by atoms with Gasteiger partial charge in [0.15, 0.2) is 0 Å². The lowest BCUT2D eigenvalue weighted by atomic mass is 10.1. The topological polar surface area (TPSA) is 39.7 Å². The Balaban J connectivity index is 1.77. The van der Waals surface area contributed by atoms with Crippen LogP contribution in [0.3, 0.4) is 0 Å². The number of hydrogen-bond acceptors (Lipinski definition) is 4. The largest absolute Gasteiger partial charge is 0.378 e. The zero-order valence-electron chi connectivity index (χ0n) is 9.75. The molecule has 0 bridgehead atoms. The number of ether oxygens (including phenoxy) is 3. The van der Waals surface area contributed by atoms with Gasteiger partial charge in [0.2, 0.25) is 0 Å². The highest BCUT2D eigenvalue weighted by atomic mass is 79.9. The molecule has 5 heteroatoms. The minimum absolute atomic E-state index is 0.425. The van der Waals surface area contributed by atoms with E-state index in [0.29, 0.717) is 32.5 Å². The molecule has 1 rings (SSSR count). The van der Waals surface area contributed by atoms with Crippen LogP contribution in [0.25, 0.3) is 0 Å². The highest BCUT2D eigenvalue weighted by Crippen LogP contribution is 2.06. The van der Waals surface area contributed by atoms with E-state index in [4.69, 9.17) is 14.2 Å². The number of halogens is 1. The van der Waals surface area contributed by atoms with Crippen LogP contribution >= 0.6 is 15.9 Å². The summed E-state index contributed by atoms with van der Waals surface area (Å²) in [7, 11) is 0. The van der Waals surface area contributed by atoms with Gasteiger partial charge >= 0.3 is 0 Å². The van der Waals surface area contributed by atoms with Gasteiger partial charge in [-0.3, -0.25) is 0 Å². The van der Waals surface area contributed by atoms with E-state index in [-0.39, 0.29) is 0 Å². The Morgan fingerprint density at radius 3 is 2.25 bits per heavy atom. The highest BCUT2D eigenvalue weighted by Gasteiger charge is 2.12. The highest BCUT2D eigenvalue weighted by molar-refractivity contribution is 9.09. The van der Waals surface area contributed by atoms with E-state index in [9.17, 15) is 0 Å². The lowest BCUT2D eigenvalue weighted by Crippen LogP contribution is -2.33. The van der Waals surface area contributed by atoms with Crippen LogP contribution in [0.5, 0.6) is 0 Å². The monoisotopic (exact) mass is 295 g/mol. The van der Waals surface area contributed by atoms with E-state index in [0.717, 1.165) is 37.9 Å². The second-order valence-corrected chi connectivity index (χ2v) is 4.53. The molecule has 0 aliphatic carbocycles. The number of rotatable bonds is 9. The van der Waals surface area contributed by atoms with Crippen molar-refractivity contribution >= 4 is 15.9 Å². The van der Waals surface area contributed by atoms with Crippen molar-refractivity contribution in [2.75, 3.05) is 51.5 Å². The summed E-state index contributed by atoms with van der Waals surface area (Å²) in [4.78, 5) is 0. The first-order valence-electron chi connectivity index (χ1n) is 5.97. The van der Waals surface area contributed by atoms with Crippen molar-refractivity contribution in [3.63, 3.8) is 0 Å². The number of hydrogen-bond donors (Lipinski definition) is 1. The van der Waals surface area contributed by atoms with Crippen LogP contribution in [0.1, 0.15) is 12.8 Å². The molecule has 1 saturated heterocycles. The summed E-state index contributed by atoms with van der Waals surface area (Å²) in [6.45, 7) is 5.58. The third-order valence-corrected chi connectivity index (χ3v) is 2.78. The molecule has 4 nitrogen and oxygen atoms in total. The molecule has 0 aromatic heterocycles. The first-order chi connectivity index (χ1) is 7.93. The molecular formula is C11H22BrNO3. The van der Waals surface area contributed by atoms with Crippen molar-refractivity contribution in [3.05, 3.63) is 0 Å². The second-order valence-electron chi connectivity index (χ2n) is 3.73. The molecule has 1 fully saturated rings. The van der Waals surface area contributed by atoms with Gasteiger partial charge in [0.25, 0.3) is 0 Å². The van der Waals surface area contributed by atoms with Crippen LogP contribution in [0.15, 0.2) is 0 Å². The molecule has 1 heterocycles. The number of nitrogens with one attached hydrogen (secondary N) is 1. The van der Waals surface area contributed by atoms with Gasteiger partial charge in [0, 0.05) is 5.33 Å². The Hall–Kier alpha value is 0.320. The summed E-state index contributed by atoms with van der Waals surface area (Å²) in [6, 6.07) is 0. The van der Waals surface area contributed by atoms with E-state index >= 15 is 0 Å². The van der Waals surface area contributed by atoms with Gasteiger partial charge in [0.05, 0.1) is 39.1 Å². The fraction of sp³-hybridized carbons (Fsp3) is 1.00. The van der Waals surface area contributed by atoms with Gasteiger partial charge in [-0.1, -0.05) is 15.9 Å². The van der Waals surface area contributed by atoms with Crippen LogP contribution in [0, 0.1) is 0 Å². The summed E-state index contributed by atoms with van der Waals surface area (Å²) in [5.74, 6) is 0. The quantitative estimate of drug-likeness (QED) is 0.512. The van der Waals surface area contributed by atoms with E-state index in [1.54, 1.807) is 0 Å². The average molecular weight is 296 g/mol. The maximum absolute atomic E-state index is 5.70. The Morgan fingerprint density at radius 2 is 1.56 bits per heavy atom. The maximum Gasteiger partial charge on any atom is 0.0704 e. The molecule has 1 N–H and O–H groups in total. The summed E-state index contributed by atoms with van der Waals surface area (Å²) >= 11 is 3.30. The molecule has 0 atom stereocenters. The predicted molar refractivity (Wildman–Crippen MR) is 67.3 cm³/mol. The van der Waals surface area contributed by atoms with Gasteiger partial charge < -0.3 is 19.5 Å². The van der Waals surface area contributed by atoms with Gasteiger partial charge in [-0.05, 0) is 25.9 Å². The van der Waals surface area contributed by atoms with E-state index in [1.165, 1.54) is 0 Å². The van der Waals surface area contributed by atoms with Gasteiger partial charge in [-0.2, -0.15) is 0 Å². The zero-order chi connectivity index (χ0) is 11.5. The molecule has 0 aromatic rings. The molecule has 0 spiro atoms. The van der Waals surface area contributed by atoms with Crippen LogP contribution in [0.2, 0.25) is 0 Å². The van der Waals surface area contributed by atoms with Crippen molar-refractivity contribution < 1.29 is 14.2 Å². The van der Waals surface area contributed by atoms with Crippen molar-refractivity contribution in [1.29, 1.82) is 0 Å². The molecule has 0 unspecified atom stereocenters. The molecule has 0 radical (unpaired) electrons. The number of alkyl halides is 1. The first-order valence-corrected chi connectivity index (χ1v) is 7.09. The van der Waals surface area contributed by atoms with Gasteiger partial charge in [-0.15, -0.1) is 0 Å². The predicted octanol–water partition coefficient (Wildman–Crippen LogP) is 1.18. The minimum Gasteiger partial charge on any atom is -0.378 e. The Morgan fingerprint density at radius 1 is 0.938 bits per heavy atom. The Bertz CT molecular complexity index is 154. The molecule has 1 aliphatic rings. The molecular weight excluding hydrogens is 274 g/mol. The van der Waals surface area contributed by atoms with E-state index in [2.05, 4.69) is 21.2 Å². The first kappa shape index (κ1) is 14.4. The van der Waals surface area contributed by atoms with Crippen molar-refractivity contribution in [2.24, 2.45) is 0 Å². The van der Waals surface area contributed by atoms with Crippen LogP contribution in [0.4, 0.5) is 0 Å². The summed E-state index contributed by atoms with van der Waals surface area (Å²) in [5, 5.41) is 4.19. The molecule has 16 heavy (non-hydrogen) atoms. The smallest absolute Gasteiger partial charge is 0.0704 e. The van der Waals surface area contributed by atoms with Crippen molar-refractivity contribution in [3.8, 4) is 0 Å². The van der Waals surface area contributed by atoms with Crippen LogP contribution in [-0.2, 0) is 14.2 Å². The van der Waals surface area contributed by atoms with E-state index < -0.39 is 0 Å². The van der Waals surface area contributed by atoms with Gasteiger partial charge in [-0.25, -0.2) is 0 Å². The summed E-state index contributed by atoms with van der Waals surface area (Å²) in [5.41, 5.74) is 0. The van der Waals surface area contributed by atoms with E-state index in [1.807, 2.05) is 0 Å². The summed E-state index contributed by atoms with van der Waals surface area (Å²) < 4.78 is 16.3. The SMILES string of the molecule is BrCCOCCOCCOC1CCNCC1. The lowest BCUT2D eigenvalue weighted by molar-refractivity contribution is -0.0185. The van der Waals surface area contributed by atoms with Crippen molar-refractivity contribution in [2.45, 2.75) is 18.9 Å². The normalized spacial score (nSPS) is 17.8. The zero-order valence-corrected chi connectivity index (χ0v) is 11.3. The fourth-order valence-electron chi connectivity index (χ4n) is 1.61. The molecule has 1 aliphatic heterocycles. The standard InChI is InChI=1S/C11H22BrNO3/c12-3-6-14-7-8-15-9-10-16-11-1-4-13-5-2-11/h11,13H,1-10H2. The fourth-order valence-corrected chi connectivity index (χ4v) is 1.84. The van der Waals surface area contributed by atoms with Crippen molar-refractivity contribution in [1.82, 2.24) is 5.32 Å². The Kier molecular flexibility index (Phi) is 9.41. The second kappa shape index (κ2) is 10.5. The lowest BCUT2D eigenvalue weighted by Gasteiger charge is -2.22. The number of piperidine rings is 1. The average Bonchev–Trinajstić information content (AvgIpc) is 2.34. The van der Waals surface area contributed by atoms with Crippen LogP contribution in [-0.4, -0.2) is 57.6 Å². The molecule has 96 valence electrons. The van der Waals surface area contributed by atoms with Crippen LogP contribution < -0.4 is 5.32 Å². The summed E-state index contributed by atoms with van der Waals surface area (Å²) in [6.07, 6.45) is 2.66. The maximum atomic E-state index is 5.70. The molecule has 0 amide bonds. The molecule has 0 aromatic carbocycles. The van der Waals surface area contributed by atoms with Gasteiger partial charge in [0.1, 0.15) is 0 Å². The Labute approximate surface area is 106 Å². The minimum atomic E-state index is 0.425. The molecule has 0 saturated carbocycles. The third kappa shape index (κ3) is 7.57. The third-order valence-electron chi connectivity index (χ3n) is 2.46.